The maximum atomic E-state index is 12.8. The number of H-pyrrole nitrogens is 1. The average molecular weight is 507 g/mol. The molecule has 4 aromatic rings. The zero-order chi connectivity index (χ0) is 26.1. The fraction of sp³-hybridized carbons (Fsp3) is 0.394. The van der Waals surface area contributed by atoms with Crippen LogP contribution in [0.5, 0.6) is 0 Å². The van der Waals surface area contributed by atoms with Gasteiger partial charge in [0.15, 0.2) is 0 Å². The Morgan fingerprint density at radius 1 is 0.842 bits per heavy atom. The third kappa shape index (κ3) is 5.39. The molecule has 2 aliphatic rings. The number of carbonyl (C=O) groups excluding carboxylic acids is 1. The molecular formula is C33H38N4O. The predicted molar refractivity (Wildman–Crippen MR) is 155 cm³/mol. The van der Waals surface area contributed by atoms with Gasteiger partial charge in [0.2, 0.25) is 5.91 Å². The normalized spacial score (nSPS) is 20.6. The van der Waals surface area contributed by atoms with Crippen molar-refractivity contribution in [2.45, 2.75) is 44.9 Å². The quantitative estimate of drug-likeness (QED) is 0.330. The summed E-state index contributed by atoms with van der Waals surface area (Å²) in [6.45, 7) is 5.88. The monoisotopic (exact) mass is 506 g/mol. The summed E-state index contributed by atoms with van der Waals surface area (Å²) in [5.74, 6) is 2.44. The van der Waals surface area contributed by atoms with Crippen LogP contribution in [0.4, 0.5) is 0 Å². The summed E-state index contributed by atoms with van der Waals surface area (Å²) in [6.07, 6.45) is 5.43. The maximum absolute atomic E-state index is 12.8. The van der Waals surface area contributed by atoms with Gasteiger partial charge in [0.25, 0.3) is 0 Å². The van der Waals surface area contributed by atoms with Crippen LogP contribution in [0.2, 0.25) is 0 Å². The third-order valence-electron chi connectivity index (χ3n) is 8.68. The van der Waals surface area contributed by atoms with E-state index in [1.165, 1.54) is 35.1 Å². The average Bonchev–Trinajstić information content (AvgIpc) is 3.37. The van der Waals surface area contributed by atoms with Crippen molar-refractivity contribution in [3.8, 4) is 22.5 Å². The Bertz CT molecular complexity index is 1390. The van der Waals surface area contributed by atoms with Gasteiger partial charge in [-0.2, -0.15) is 0 Å². The minimum atomic E-state index is 0.368. The molecule has 1 saturated heterocycles. The smallest absolute Gasteiger partial charge is 0.222 e. The first kappa shape index (κ1) is 24.9. The number of fused-ring (bicyclic) bond motifs is 1. The van der Waals surface area contributed by atoms with E-state index in [0.29, 0.717) is 17.7 Å². The van der Waals surface area contributed by atoms with Crippen LogP contribution >= 0.6 is 0 Å². The summed E-state index contributed by atoms with van der Waals surface area (Å²) in [5.41, 5.74) is 8.31. The highest BCUT2D eigenvalue weighted by Crippen LogP contribution is 2.38. The fourth-order valence-electron chi connectivity index (χ4n) is 6.16. The number of benzene rings is 3. The van der Waals surface area contributed by atoms with E-state index in [0.717, 1.165) is 67.9 Å². The Labute approximate surface area is 225 Å². The second kappa shape index (κ2) is 10.7. The number of aromatic amines is 1. The molecule has 0 bridgehead atoms. The molecule has 1 aliphatic heterocycles. The largest absolute Gasteiger partial charge is 0.340 e. The number of amides is 1. The topological polar surface area (TPSA) is 52.2 Å². The highest BCUT2D eigenvalue weighted by molar-refractivity contribution is 5.80. The zero-order valence-corrected chi connectivity index (χ0v) is 22.6. The Kier molecular flexibility index (Phi) is 7.03. The molecule has 196 valence electrons. The van der Waals surface area contributed by atoms with Gasteiger partial charge in [0, 0.05) is 38.2 Å². The number of carbonyl (C=O) groups is 1. The molecule has 0 spiro atoms. The van der Waals surface area contributed by atoms with Crippen molar-refractivity contribution in [3.63, 3.8) is 0 Å². The number of likely N-dealkylation sites (N-methyl/N-ethyl adjacent to an activating group) is 1. The molecule has 1 amide bonds. The molecule has 5 heteroatoms. The second-order valence-electron chi connectivity index (χ2n) is 11.4. The highest BCUT2D eigenvalue weighted by atomic mass is 16.2. The van der Waals surface area contributed by atoms with Gasteiger partial charge < -0.3 is 14.8 Å². The summed E-state index contributed by atoms with van der Waals surface area (Å²) in [5, 5.41) is 0. The van der Waals surface area contributed by atoms with E-state index < -0.39 is 0 Å². The van der Waals surface area contributed by atoms with Gasteiger partial charge in [-0.25, -0.2) is 4.98 Å². The molecule has 1 aromatic heterocycles. The van der Waals surface area contributed by atoms with Gasteiger partial charge in [-0.15, -0.1) is 0 Å². The zero-order valence-electron chi connectivity index (χ0n) is 22.6. The number of aryl methyl sites for hydroxylation is 1. The Morgan fingerprint density at radius 2 is 1.47 bits per heavy atom. The standard InChI is InChI=1S/C33H38N4O/c1-23-3-16-30-31(21-23)35-33(34-30)29-14-12-28(13-15-29)27-10-8-26(9-11-27)25-6-4-24(5-7-25)22-32(38)37-19-17-36(2)18-20-37/h3,8-16,21,24-25H,4-7,17-20,22H2,1-2H3,(H,34,35). The van der Waals surface area contributed by atoms with Crippen molar-refractivity contribution in [3.05, 3.63) is 77.9 Å². The molecule has 38 heavy (non-hydrogen) atoms. The number of nitrogens with zero attached hydrogens (tertiary/aromatic N) is 3. The predicted octanol–water partition coefficient (Wildman–Crippen LogP) is 6.64. The summed E-state index contributed by atoms with van der Waals surface area (Å²) in [6, 6.07) is 24.1. The molecule has 3 aromatic carbocycles. The number of aromatic nitrogens is 2. The number of hydrogen-bond donors (Lipinski definition) is 1. The number of imidazole rings is 1. The first-order valence-corrected chi connectivity index (χ1v) is 14.2. The number of rotatable bonds is 5. The van der Waals surface area contributed by atoms with Crippen molar-refractivity contribution in [1.29, 1.82) is 0 Å². The van der Waals surface area contributed by atoms with Crippen LogP contribution in [0.1, 0.15) is 49.1 Å². The van der Waals surface area contributed by atoms with Crippen molar-refractivity contribution < 1.29 is 4.79 Å². The molecule has 2 fully saturated rings. The molecule has 0 atom stereocenters. The molecule has 1 saturated carbocycles. The lowest BCUT2D eigenvalue weighted by Gasteiger charge is -2.34. The van der Waals surface area contributed by atoms with Crippen LogP contribution in [0, 0.1) is 12.8 Å². The fourth-order valence-corrected chi connectivity index (χ4v) is 6.16. The van der Waals surface area contributed by atoms with E-state index in [2.05, 4.69) is 95.5 Å². The van der Waals surface area contributed by atoms with Crippen LogP contribution in [-0.4, -0.2) is 58.9 Å². The van der Waals surface area contributed by atoms with Gasteiger partial charge in [0.05, 0.1) is 11.0 Å². The molecule has 0 radical (unpaired) electrons. The molecule has 1 aliphatic carbocycles. The van der Waals surface area contributed by atoms with E-state index in [4.69, 9.17) is 4.98 Å². The maximum Gasteiger partial charge on any atom is 0.222 e. The van der Waals surface area contributed by atoms with Gasteiger partial charge >= 0.3 is 0 Å². The lowest BCUT2D eigenvalue weighted by Crippen LogP contribution is -2.47. The Hall–Kier alpha value is -3.44. The number of piperazine rings is 1. The van der Waals surface area contributed by atoms with Crippen LogP contribution < -0.4 is 0 Å². The molecule has 6 rings (SSSR count). The van der Waals surface area contributed by atoms with Gasteiger partial charge in [-0.05, 0) is 85.9 Å². The van der Waals surface area contributed by atoms with E-state index in [1.54, 1.807) is 0 Å². The van der Waals surface area contributed by atoms with Crippen LogP contribution in [-0.2, 0) is 4.79 Å². The Balaban J connectivity index is 1.04. The van der Waals surface area contributed by atoms with Gasteiger partial charge in [0.1, 0.15) is 5.82 Å². The second-order valence-corrected chi connectivity index (χ2v) is 11.4. The molecule has 2 heterocycles. The number of nitrogens with one attached hydrogen (secondary N) is 1. The lowest BCUT2D eigenvalue weighted by molar-refractivity contribution is -0.134. The van der Waals surface area contributed by atoms with Gasteiger partial charge in [-0.3, -0.25) is 4.79 Å². The van der Waals surface area contributed by atoms with E-state index in [9.17, 15) is 4.79 Å². The third-order valence-corrected chi connectivity index (χ3v) is 8.68. The molecule has 1 N–H and O–H groups in total. The van der Waals surface area contributed by atoms with Crippen LogP contribution in [0.25, 0.3) is 33.5 Å². The molecule has 5 nitrogen and oxygen atoms in total. The summed E-state index contributed by atoms with van der Waals surface area (Å²) >= 11 is 0. The van der Waals surface area contributed by atoms with Crippen LogP contribution in [0.15, 0.2) is 66.7 Å². The summed E-state index contributed by atoms with van der Waals surface area (Å²) in [7, 11) is 2.13. The van der Waals surface area contributed by atoms with E-state index in [-0.39, 0.29) is 0 Å². The summed E-state index contributed by atoms with van der Waals surface area (Å²) < 4.78 is 0. The molecule has 0 unspecified atom stereocenters. The first-order valence-electron chi connectivity index (χ1n) is 14.2. The van der Waals surface area contributed by atoms with Crippen molar-refractivity contribution in [1.82, 2.24) is 19.8 Å². The molecular weight excluding hydrogens is 468 g/mol. The van der Waals surface area contributed by atoms with Crippen molar-refractivity contribution in [2.24, 2.45) is 5.92 Å². The van der Waals surface area contributed by atoms with Crippen molar-refractivity contribution >= 4 is 16.9 Å². The summed E-state index contributed by atoms with van der Waals surface area (Å²) in [4.78, 5) is 25.3. The SMILES string of the molecule is Cc1ccc2nc(-c3ccc(-c4ccc(C5CCC(CC(=O)N6CCN(C)CC6)CC5)cc4)cc3)[nH]c2c1. The minimum absolute atomic E-state index is 0.368. The van der Waals surface area contributed by atoms with E-state index in [1.807, 2.05) is 0 Å². The first-order chi connectivity index (χ1) is 18.5. The highest BCUT2D eigenvalue weighted by Gasteiger charge is 2.27. The van der Waals surface area contributed by atoms with Crippen LogP contribution in [0.3, 0.4) is 0 Å². The lowest BCUT2D eigenvalue weighted by atomic mass is 9.77. The Morgan fingerprint density at radius 3 is 2.16 bits per heavy atom. The minimum Gasteiger partial charge on any atom is -0.340 e. The van der Waals surface area contributed by atoms with Crippen molar-refractivity contribution in [2.75, 3.05) is 33.2 Å². The van der Waals surface area contributed by atoms with E-state index >= 15 is 0 Å². The number of hydrogen-bond acceptors (Lipinski definition) is 3. The van der Waals surface area contributed by atoms with Gasteiger partial charge in [-0.1, -0.05) is 54.6 Å².